The van der Waals surface area contributed by atoms with Crippen LogP contribution in [-0.4, -0.2) is 29.6 Å². The Bertz CT molecular complexity index is 414. The van der Waals surface area contributed by atoms with Gasteiger partial charge in [0.25, 0.3) is 0 Å². The van der Waals surface area contributed by atoms with Crippen LogP contribution in [0.25, 0.3) is 0 Å². The average molecular weight is 345 g/mol. The number of piperazine rings is 1. The summed E-state index contributed by atoms with van der Waals surface area (Å²) in [5, 5.41) is 5.86. The van der Waals surface area contributed by atoms with Gasteiger partial charge in [-0.1, -0.05) is 13.8 Å². The topological polar surface area (TPSA) is 15.3 Å². The van der Waals surface area contributed by atoms with Gasteiger partial charge in [-0.3, -0.25) is 4.90 Å². The predicted molar refractivity (Wildman–Crippen MR) is 87.8 cm³/mol. The van der Waals surface area contributed by atoms with Crippen LogP contribution in [0.1, 0.15) is 39.0 Å². The number of rotatable bonds is 4. The Morgan fingerprint density at radius 1 is 1.53 bits per heavy atom. The Morgan fingerprint density at radius 3 is 2.84 bits per heavy atom. The summed E-state index contributed by atoms with van der Waals surface area (Å²) >= 11 is 5.52. The summed E-state index contributed by atoms with van der Waals surface area (Å²) in [4.78, 5) is 4.11. The van der Waals surface area contributed by atoms with E-state index < -0.39 is 0 Å². The maximum absolute atomic E-state index is 3.69. The van der Waals surface area contributed by atoms with Crippen molar-refractivity contribution in [2.24, 2.45) is 5.92 Å². The molecule has 2 nitrogen and oxygen atoms in total. The van der Waals surface area contributed by atoms with Crippen LogP contribution in [0.15, 0.2) is 15.9 Å². The summed E-state index contributed by atoms with van der Waals surface area (Å²) in [5.74, 6) is 0.752. The van der Waals surface area contributed by atoms with Gasteiger partial charge in [0.05, 0.1) is 0 Å². The van der Waals surface area contributed by atoms with E-state index in [1.165, 1.54) is 15.8 Å². The molecule has 1 saturated heterocycles. The normalized spacial score (nSPS) is 24.0. The van der Waals surface area contributed by atoms with Gasteiger partial charge in [0.15, 0.2) is 0 Å². The van der Waals surface area contributed by atoms with Crippen LogP contribution in [0.5, 0.6) is 0 Å². The number of nitrogens with one attached hydrogen (secondary N) is 1. The Morgan fingerprint density at radius 2 is 2.26 bits per heavy atom. The van der Waals surface area contributed by atoms with Crippen molar-refractivity contribution in [1.82, 2.24) is 10.2 Å². The highest BCUT2D eigenvalue weighted by Gasteiger charge is 2.32. The summed E-state index contributed by atoms with van der Waals surface area (Å²) in [6, 6.07) is 2.81. The van der Waals surface area contributed by atoms with E-state index >= 15 is 0 Å². The zero-order chi connectivity index (χ0) is 14.0. The summed E-state index contributed by atoms with van der Waals surface area (Å²) in [7, 11) is 0. The first kappa shape index (κ1) is 15.5. The van der Waals surface area contributed by atoms with Crippen LogP contribution in [0, 0.1) is 5.92 Å². The molecule has 108 valence electrons. The second-order valence-electron chi connectivity index (χ2n) is 6.64. The zero-order valence-electron chi connectivity index (χ0n) is 12.4. The van der Waals surface area contributed by atoms with Gasteiger partial charge in [-0.2, -0.15) is 0 Å². The lowest BCUT2D eigenvalue weighted by molar-refractivity contribution is 0.0767. The molecule has 0 radical (unpaired) electrons. The first-order valence-electron chi connectivity index (χ1n) is 7.08. The van der Waals surface area contributed by atoms with Crippen LogP contribution < -0.4 is 5.32 Å². The van der Waals surface area contributed by atoms with Crippen molar-refractivity contribution in [2.75, 3.05) is 13.1 Å². The Kier molecular flexibility index (Phi) is 5.09. The number of thiophene rings is 1. The molecule has 1 fully saturated rings. The van der Waals surface area contributed by atoms with Gasteiger partial charge >= 0.3 is 0 Å². The lowest BCUT2D eigenvalue weighted by Gasteiger charge is -2.45. The molecule has 0 aromatic carbocycles. The van der Waals surface area contributed by atoms with Gasteiger partial charge < -0.3 is 5.32 Å². The van der Waals surface area contributed by atoms with Crippen molar-refractivity contribution in [2.45, 2.75) is 52.2 Å². The molecule has 4 heteroatoms. The Labute approximate surface area is 129 Å². The summed E-state index contributed by atoms with van der Waals surface area (Å²) < 4.78 is 1.26. The third kappa shape index (κ3) is 4.28. The molecule has 1 aromatic heterocycles. The monoisotopic (exact) mass is 344 g/mol. The lowest BCUT2D eigenvalue weighted by Crippen LogP contribution is -2.61. The van der Waals surface area contributed by atoms with Gasteiger partial charge in [0.1, 0.15) is 0 Å². The third-order valence-electron chi connectivity index (χ3n) is 3.71. The van der Waals surface area contributed by atoms with Gasteiger partial charge in [0, 0.05) is 40.6 Å². The van der Waals surface area contributed by atoms with Crippen LogP contribution >= 0.6 is 27.3 Å². The maximum atomic E-state index is 3.69. The van der Waals surface area contributed by atoms with Crippen LogP contribution in [0.3, 0.4) is 0 Å². The zero-order valence-corrected chi connectivity index (χ0v) is 14.8. The molecule has 0 saturated carbocycles. The largest absolute Gasteiger partial charge is 0.309 e. The van der Waals surface area contributed by atoms with Crippen molar-refractivity contribution in [3.63, 3.8) is 0 Å². The fourth-order valence-electron chi connectivity index (χ4n) is 2.80. The number of nitrogens with zero attached hydrogens (tertiary/aromatic N) is 1. The molecule has 1 N–H and O–H groups in total. The molecule has 1 atom stereocenters. The second kappa shape index (κ2) is 6.25. The van der Waals surface area contributed by atoms with Gasteiger partial charge in [-0.25, -0.2) is 0 Å². The molecular formula is C15H25BrN2S. The minimum Gasteiger partial charge on any atom is -0.309 e. The van der Waals surface area contributed by atoms with Crippen molar-refractivity contribution >= 4 is 27.3 Å². The quantitative estimate of drug-likeness (QED) is 0.884. The summed E-state index contributed by atoms with van der Waals surface area (Å²) in [6.45, 7) is 12.5. The van der Waals surface area contributed by atoms with Crippen molar-refractivity contribution < 1.29 is 0 Å². The molecule has 0 bridgehead atoms. The number of halogens is 1. The smallest absolute Gasteiger partial charge is 0.0343 e. The molecule has 0 spiro atoms. The molecule has 1 unspecified atom stereocenters. The van der Waals surface area contributed by atoms with E-state index in [0.717, 1.165) is 25.6 Å². The van der Waals surface area contributed by atoms with Gasteiger partial charge in [0.2, 0.25) is 0 Å². The minimum atomic E-state index is 0.219. The molecule has 1 aromatic rings. The maximum Gasteiger partial charge on any atom is 0.0343 e. The van der Waals surface area contributed by atoms with Gasteiger partial charge in [-0.15, -0.1) is 11.3 Å². The molecule has 19 heavy (non-hydrogen) atoms. The first-order valence-corrected chi connectivity index (χ1v) is 8.75. The summed E-state index contributed by atoms with van der Waals surface area (Å²) in [5.41, 5.74) is 0.219. The highest BCUT2D eigenvalue weighted by atomic mass is 79.9. The van der Waals surface area contributed by atoms with E-state index in [1.807, 2.05) is 11.3 Å². The Hall–Kier alpha value is 0.100. The average Bonchev–Trinajstić information content (AvgIpc) is 2.68. The van der Waals surface area contributed by atoms with E-state index in [0.29, 0.717) is 6.04 Å². The SMILES string of the molecule is CC(C)CC1CNC(C)(C)CN1Cc1sccc1Br. The lowest BCUT2D eigenvalue weighted by atomic mass is 9.94. The molecule has 1 aliphatic heterocycles. The highest BCUT2D eigenvalue weighted by Crippen LogP contribution is 2.28. The van der Waals surface area contributed by atoms with Gasteiger partial charge in [-0.05, 0) is 53.6 Å². The molecule has 1 aliphatic rings. The van der Waals surface area contributed by atoms with E-state index in [4.69, 9.17) is 0 Å². The van der Waals surface area contributed by atoms with E-state index in [-0.39, 0.29) is 5.54 Å². The highest BCUT2D eigenvalue weighted by molar-refractivity contribution is 9.10. The standard InChI is InChI=1S/C15H25BrN2S/c1-11(2)7-12-8-17-15(3,4)10-18(12)9-14-13(16)5-6-19-14/h5-6,11-12,17H,7-10H2,1-4H3. The number of hydrogen-bond donors (Lipinski definition) is 1. The molecule has 0 amide bonds. The molecule has 2 heterocycles. The minimum absolute atomic E-state index is 0.219. The summed E-state index contributed by atoms with van der Waals surface area (Å²) in [6.07, 6.45) is 1.27. The van der Waals surface area contributed by atoms with E-state index in [2.05, 4.69) is 65.3 Å². The fourth-order valence-corrected chi connectivity index (χ4v) is 4.30. The van der Waals surface area contributed by atoms with Crippen LogP contribution in [0.2, 0.25) is 0 Å². The van der Waals surface area contributed by atoms with Crippen molar-refractivity contribution in [1.29, 1.82) is 0 Å². The first-order chi connectivity index (χ1) is 8.87. The second-order valence-corrected chi connectivity index (χ2v) is 8.50. The fraction of sp³-hybridized carbons (Fsp3) is 0.733. The van der Waals surface area contributed by atoms with E-state index in [9.17, 15) is 0 Å². The van der Waals surface area contributed by atoms with Crippen molar-refractivity contribution in [3.8, 4) is 0 Å². The third-order valence-corrected chi connectivity index (χ3v) is 5.62. The molecule has 0 aliphatic carbocycles. The van der Waals surface area contributed by atoms with E-state index in [1.54, 1.807) is 0 Å². The molecular weight excluding hydrogens is 320 g/mol. The number of hydrogen-bond acceptors (Lipinski definition) is 3. The van der Waals surface area contributed by atoms with Crippen LogP contribution in [0.4, 0.5) is 0 Å². The molecule has 2 rings (SSSR count). The Balaban J connectivity index is 2.09. The predicted octanol–water partition coefficient (Wildman–Crippen LogP) is 4.11. The van der Waals surface area contributed by atoms with Crippen molar-refractivity contribution in [3.05, 3.63) is 20.8 Å². The van der Waals surface area contributed by atoms with Crippen LogP contribution in [-0.2, 0) is 6.54 Å².